The summed E-state index contributed by atoms with van der Waals surface area (Å²) in [5.74, 6) is 0.102. The molecule has 0 saturated carbocycles. The second-order valence-corrected chi connectivity index (χ2v) is 2.97. The summed E-state index contributed by atoms with van der Waals surface area (Å²) in [4.78, 5) is 0.833. The molecule has 0 saturated heterocycles. The topological polar surface area (TPSA) is 58.6 Å². The van der Waals surface area contributed by atoms with Gasteiger partial charge in [-0.15, -0.1) is 12.6 Å². The maximum atomic E-state index is 8.39. The number of hydrogen-bond donors (Lipinski definition) is 3. The van der Waals surface area contributed by atoms with Crippen LogP contribution in [0.2, 0.25) is 0 Å². The van der Waals surface area contributed by atoms with Crippen molar-refractivity contribution in [3.8, 4) is 0 Å². The first kappa shape index (κ1) is 8.93. The molecule has 0 heterocycles. The van der Waals surface area contributed by atoms with Crippen LogP contribution < -0.4 is 5.73 Å². The third-order valence-electron chi connectivity index (χ3n) is 1.61. The Morgan fingerprint density at radius 3 is 2.75 bits per heavy atom. The summed E-state index contributed by atoms with van der Waals surface area (Å²) in [7, 11) is 0. The number of oxime groups is 1. The van der Waals surface area contributed by atoms with Gasteiger partial charge in [-0.1, -0.05) is 17.3 Å². The van der Waals surface area contributed by atoms with Gasteiger partial charge in [-0.2, -0.15) is 0 Å². The minimum atomic E-state index is 0.102. The molecule has 0 aliphatic rings. The van der Waals surface area contributed by atoms with Gasteiger partial charge in [-0.25, -0.2) is 0 Å². The largest absolute Gasteiger partial charge is 0.409 e. The van der Waals surface area contributed by atoms with Crippen LogP contribution in [-0.4, -0.2) is 11.0 Å². The molecule has 3 N–H and O–H groups in total. The van der Waals surface area contributed by atoms with Crippen LogP contribution in [-0.2, 0) is 0 Å². The average Bonchev–Trinajstić information content (AvgIpc) is 2.08. The Balaban J connectivity index is 3.13. The predicted octanol–water partition coefficient (Wildman–Crippen LogP) is 1.38. The number of nitrogens with zero attached hydrogens (tertiary/aromatic N) is 1. The molecule has 4 heteroatoms. The highest BCUT2D eigenvalue weighted by Gasteiger charge is 2.00. The zero-order valence-electron chi connectivity index (χ0n) is 6.65. The molecule has 1 aromatic rings. The van der Waals surface area contributed by atoms with E-state index in [1.54, 1.807) is 12.1 Å². The first-order valence-corrected chi connectivity index (χ1v) is 3.87. The Morgan fingerprint density at radius 1 is 1.58 bits per heavy atom. The van der Waals surface area contributed by atoms with E-state index in [0.29, 0.717) is 5.56 Å². The Kier molecular flexibility index (Phi) is 2.60. The van der Waals surface area contributed by atoms with Crippen LogP contribution in [0.3, 0.4) is 0 Å². The van der Waals surface area contributed by atoms with Gasteiger partial charge in [0.1, 0.15) is 0 Å². The molecule has 1 rings (SSSR count). The minimum Gasteiger partial charge on any atom is -0.409 e. The van der Waals surface area contributed by atoms with E-state index in [1.807, 2.05) is 13.0 Å². The normalized spacial score (nSPS) is 11.7. The van der Waals surface area contributed by atoms with Gasteiger partial charge >= 0.3 is 0 Å². The van der Waals surface area contributed by atoms with Crippen molar-refractivity contribution in [3.63, 3.8) is 0 Å². The summed E-state index contributed by atoms with van der Waals surface area (Å²) >= 11 is 4.21. The first-order chi connectivity index (χ1) is 5.65. The number of amidine groups is 1. The van der Waals surface area contributed by atoms with Crippen molar-refractivity contribution in [2.75, 3.05) is 0 Å². The van der Waals surface area contributed by atoms with Gasteiger partial charge < -0.3 is 10.9 Å². The van der Waals surface area contributed by atoms with Crippen molar-refractivity contribution < 1.29 is 5.21 Å². The van der Waals surface area contributed by atoms with Crippen molar-refractivity contribution in [2.24, 2.45) is 10.9 Å². The van der Waals surface area contributed by atoms with E-state index in [1.165, 1.54) is 0 Å². The number of benzene rings is 1. The van der Waals surface area contributed by atoms with E-state index in [4.69, 9.17) is 10.9 Å². The van der Waals surface area contributed by atoms with Gasteiger partial charge in [0.15, 0.2) is 5.84 Å². The third kappa shape index (κ3) is 1.71. The zero-order chi connectivity index (χ0) is 9.14. The molecule has 0 aliphatic heterocycles. The van der Waals surface area contributed by atoms with Crippen molar-refractivity contribution in [1.82, 2.24) is 0 Å². The van der Waals surface area contributed by atoms with E-state index >= 15 is 0 Å². The molecule has 0 aliphatic carbocycles. The average molecular weight is 182 g/mol. The highest BCUT2D eigenvalue weighted by Crippen LogP contribution is 2.14. The molecule has 0 amide bonds. The van der Waals surface area contributed by atoms with Crippen LogP contribution in [0.15, 0.2) is 28.3 Å². The molecular weight excluding hydrogens is 172 g/mol. The third-order valence-corrected chi connectivity index (χ3v) is 2.09. The van der Waals surface area contributed by atoms with Crippen molar-refractivity contribution in [2.45, 2.75) is 11.8 Å². The molecule has 0 spiro atoms. The molecule has 0 bridgehead atoms. The molecule has 0 radical (unpaired) electrons. The lowest BCUT2D eigenvalue weighted by molar-refractivity contribution is 0.318. The molecule has 1 aromatic carbocycles. The van der Waals surface area contributed by atoms with Crippen molar-refractivity contribution in [1.29, 1.82) is 0 Å². The summed E-state index contributed by atoms with van der Waals surface area (Å²) in [5, 5.41) is 11.3. The van der Waals surface area contributed by atoms with E-state index < -0.39 is 0 Å². The summed E-state index contributed by atoms with van der Waals surface area (Å²) in [6.45, 7) is 1.94. The van der Waals surface area contributed by atoms with Crippen LogP contribution in [0, 0.1) is 6.92 Å². The Labute approximate surface area is 76.3 Å². The van der Waals surface area contributed by atoms with Gasteiger partial charge in [0.05, 0.1) is 0 Å². The number of rotatable bonds is 1. The summed E-state index contributed by atoms with van der Waals surface area (Å²) in [6.07, 6.45) is 0. The molecule has 64 valence electrons. The lowest BCUT2D eigenvalue weighted by atomic mass is 10.1. The van der Waals surface area contributed by atoms with Crippen LogP contribution >= 0.6 is 12.6 Å². The number of thiol groups is 1. The highest BCUT2D eigenvalue weighted by molar-refractivity contribution is 7.80. The second kappa shape index (κ2) is 3.49. The Morgan fingerprint density at radius 2 is 2.25 bits per heavy atom. The van der Waals surface area contributed by atoms with Crippen LogP contribution in [0.4, 0.5) is 0 Å². The molecule has 12 heavy (non-hydrogen) atoms. The first-order valence-electron chi connectivity index (χ1n) is 3.42. The molecule has 3 nitrogen and oxygen atoms in total. The van der Waals surface area contributed by atoms with Gasteiger partial charge in [-0.05, 0) is 18.6 Å². The molecule has 0 aromatic heterocycles. The maximum absolute atomic E-state index is 8.39. The van der Waals surface area contributed by atoms with E-state index in [-0.39, 0.29) is 5.84 Å². The van der Waals surface area contributed by atoms with E-state index in [2.05, 4.69) is 17.8 Å². The van der Waals surface area contributed by atoms with Gasteiger partial charge in [0.2, 0.25) is 0 Å². The Hall–Kier alpha value is -1.16. The van der Waals surface area contributed by atoms with Crippen molar-refractivity contribution in [3.05, 3.63) is 29.3 Å². The zero-order valence-corrected chi connectivity index (χ0v) is 7.55. The summed E-state index contributed by atoms with van der Waals surface area (Å²) < 4.78 is 0. The monoisotopic (exact) mass is 182 g/mol. The van der Waals surface area contributed by atoms with Crippen LogP contribution in [0.25, 0.3) is 0 Å². The van der Waals surface area contributed by atoms with Crippen LogP contribution in [0.5, 0.6) is 0 Å². The standard InChI is InChI=1S/C8H10N2OS/c1-5-2-3-6(4-7(5)12)8(9)10-11/h2-4,11-12H,1H3,(H2,9,10). The molecule has 0 atom stereocenters. The fraction of sp³-hybridized carbons (Fsp3) is 0.125. The fourth-order valence-electron chi connectivity index (χ4n) is 0.826. The van der Waals surface area contributed by atoms with Crippen LogP contribution in [0.1, 0.15) is 11.1 Å². The lowest BCUT2D eigenvalue weighted by Gasteiger charge is -2.01. The SMILES string of the molecule is Cc1ccc(/C(N)=N/O)cc1S. The number of hydrogen-bond acceptors (Lipinski definition) is 3. The number of aryl methyl sites for hydroxylation is 1. The van der Waals surface area contributed by atoms with Gasteiger partial charge in [0, 0.05) is 10.5 Å². The smallest absolute Gasteiger partial charge is 0.170 e. The molecule has 0 fully saturated rings. The molecular formula is C8H10N2OS. The fourth-order valence-corrected chi connectivity index (χ4v) is 1.04. The quantitative estimate of drug-likeness (QED) is 0.202. The highest BCUT2D eigenvalue weighted by atomic mass is 32.1. The Bertz CT molecular complexity index is 323. The van der Waals surface area contributed by atoms with E-state index in [0.717, 1.165) is 10.5 Å². The van der Waals surface area contributed by atoms with Crippen molar-refractivity contribution >= 4 is 18.5 Å². The summed E-state index contributed by atoms with van der Waals surface area (Å²) in [5.41, 5.74) is 7.12. The molecule has 0 unspecified atom stereocenters. The predicted molar refractivity (Wildman–Crippen MR) is 50.9 cm³/mol. The lowest BCUT2D eigenvalue weighted by Crippen LogP contribution is -2.12. The van der Waals surface area contributed by atoms with Gasteiger partial charge in [-0.3, -0.25) is 0 Å². The minimum absolute atomic E-state index is 0.102. The maximum Gasteiger partial charge on any atom is 0.170 e. The summed E-state index contributed by atoms with van der Waals surface area (Å²) in [6, 6.07) is 5.41. The van der Waals surface area contributed by atoms with Gasteiger partial charge in [0.25, 0.3) is 0 Å². The van der Waals surface area contributed by atoms with E-state index in [9.17, 15) is 0 Å². The number of nitrogens with two attached hydrogens (primary N) is 1. The second-order valence-electron chi connectivity index (χ2n) is 2.49.